The van der Waals surface area contributed by atoms with Crippen molar-refractivity contribution in [2.24, 2.45) is 10.8 Å². The van der Waals surface area contributed by atoms with E-state index in [9.17, 15) is 25.9 Å². The molecule has 21 heteroatoms. The van der Waals surface area contributed by atoms with Gasteiger partial charge in [0.15, 0.2) is 18.0 Å². The standard InChI is InChI=1S/C48H73N4.C43H58N2O6S2.3Na.O3S/c1-35-21-25-41-39(33-35)47(6,7)43(49(41)29-17-31-51(10,11)12)27-23-37-19-16-20-38(45(37)46(3,4)5)24-28-44-48(8,9)40-34-36(2)22-26-42(40)50(44)30-18-32-52(13,14)15;1-31-20-23-37-35(30-31)43(7,8)39(45(37)27-12-14-29-53(49,50)51)25-22-33-17-15-16-32(40(33)41(2,3)4)21-24-38-42(5,6)34-18-9-10-19-36(34)44(38)26-11-13-28-52(46,47)48;;;;1-4(2)3/h21-28,33-34H,16-20,29-32H2,1-15H3;10,18-25,30H,11-17,26-29H2,1-8H3,(H,46,47,48)(H,49,50,51);;;;/q+3;;3*+1;/p-2. The Morgan fingerprint density at radius 2 is 0.857 bits per heavy atom. The number of hydrogen-bond donors (Lipinski definition) is 0. The van der Waals surface area contributed by atoms with Crippen molar-refractivity contribution in [3.8, 4) is 0 Å². The molecule has 0 amide bonds. The second kappa shape index (κ2) is 39.3. The maximum atomic E-state index is 11.3. The van der Waals surface area contributed by atoms with E-state index >= 15 is 0 Å². The molecule has 4 aliphatic heterocycles. The molecule has 2 aliphatic carbocycles. The number of rotatable bonds is 24. The normalized spacial score (nSPS) is 19.4. The van der Waals surface area contributed by atoms with Gasteiger partial charge in [-0.05, 0) is 178 Å². The molecule has 0 bridgehead atoms. The molecular weight excluding hydrogens is 1490 g/mol. The molecule has 0 N–H and O–H groups in total. The Hall–Kier alpha value is -3.90. The minimum atomic E-state index is -4.26. The van der Waals surface area contributed by atoms with Crippen LogP contribution in [0.1, 0.15) is 213 Å². The first-order valence-electron chi connectivity index (χ1n) is 39.5. The summed E-state index contributed by atoms with van der Waals surface area (Å²) in [7, 11) is 2.20. The molecule has 0 aromatic heterocycles. The second-order valence-corrected chi connectivity index (χ2v) is 40.9. The summed E-state index contributed by atoms with van der Waals surface area (Å²) in [5, 5.41) is 0. The van der Waals surface area contributed by atoms with Gasteiger partial charge >= 0.3 is 99.3 Å². The number of benzene rings is 4. The van der Waals surface area contributed by atoms with Gasteiger partial charge in [-0.1, -0.05) is 160 Å². The predicted octanol–water partition coefficient (Wildman–Crippen LogP) is 9.08. The van der Waals surface area contributed by atoms with E-state index in [4.69, 9.17) is 12.6 Å². The molecule has 10 rings (SSSR count). The molecule has 594 valence electrons. The van der Waals surface area contributed by atoms with Gasteiger partial charge in [0, 0.05) is 100 Å². The molecular formula is C91H129N6Na3O9S3+4. The van der Waals surface area contributed by atoms with Crippen LogP contribution in [0.25, 0.3) is 0 Å². The molecule has 4 heterocycles. The average molecular weight is 1620 g/mol. The number of hydrogen-bond acceptors (Lipinski definition) is 11. The molecule has 0 saturated heterocycles. The predicted molar refractivity (Wildman–Crippen MR) is 449 cm³/mol. The molecule has 0 spiro atoms. The molecule has 4 aromatic carbocycles. The third-order valence-corrected chi connectivity index (χ3v) is 24.3. The number of fused-ring (bicyclic) bond motifs is 4. The molecule has 0 unspecified atom stereocenters. The van der Waals surface area contributed by atoms with Crippen molar-refractivity contribution in [3.63, 3.8) is 0 Å². The summed E-state index contributed by atoms with van der Waals surface area (Å²) in [5.41, 5.74) is 27.1. The Bertz CT molecular complexity index is 4790. The topological polar surface area (TPSA) is 178 Å². The zero-order valence-corrected chi connectivity index (χ0v) is 81.7. The fourth-order valence-electron chi connectivity index (χ4n) is 17.6. The first-order valence-corrected chi connectivity index (χ1v) is 43.6. The Morgan fingerprint density at radius 1 is 0.482 bits per heavy atom. The monoisotopic (exact) mass is 1610 g/mol. The van der Waals surface area contributed by atoms with Crippen LogP contribution < -0.4 is 98.5 Å². The summed E-state index contributed by atoms with van der Waals surface area (Å²) < 4.78 is 100. The van der Waals surface area contributed by atoms with Gasteiger partial charge in [0.25, 0.3) is 0 Å². The van der Waals surface area contributed by atoms with Gasteiger partial charge in [0.05, 0.1) is 87.4 Å². The number of nitrogens with zero attached hydrogens (tertiary/aromatic N) is 6. The van der Waals surface area contributed by atoms with Gasteiger partial charge in [-0.3, -0.25) is 0 Å². The number of anilines is 2. The largest absolute Gasteiger partial charge is 1.00 e. The fraction of sp³-hybridized carbons (Fsp3) is 0.538. The summed E-state index contributed by atoms with van der Waals surface area (Å²) in [6, 6.07) is 29.9. The van der Waals surface area contributed by atoms with Crippen LogP contribution in [0.3, 0.4) is 0 Å². The van der Waals surface area contributed by atoms with Gasteiger partial charge in [0.1, 0.15) is 12.2 Å². The SMILES string of the molecule is Cc1ccc2c(c1)C(C)(C)C(/C=C/C1=C(C(C)(C)C)C(=C/C=C3/N(CCC[N+](C)(C)C)c4ccc(C)cc4C3(C)C)/CCC1)=[N+]2CCC[N+](C)(C)C.Cc1ccc2c(c1)C(C)(C)C(=CC=C1CCCC(C=CC3=[N+](CCCCS(=O)(=O)[O-])c4cc[c-]cc4C3(C)C)=C1C(C)(C)C)N2CCCCS(=O)(=O)[O-].O=S(=O)=O.[Na+].[Na+].[Na+]. The van der Waals surface area contributed by atoms with Crippen LogP contribution in [0.5, 0.6) is 0 Å². The number of unbranched alkanes of at least 4 members (excludes halogenated alkanes) is 2. The maximum Gasteiger partial charge on any atom is 1.00 e. The Balaban J connectivity index is 0.000000373. The van der Waals surface area contributed by atoms with Crippen LogP contribution in [0.4, 0.5) is 22.7 Å². The Morgan fingerprint density at radius 3 is 1.28 bits per heavy atom. The van der Waals surface area contributed by atoms with E-state index in [1.165, 1.54) is 102 Å². The van der Waals surface area contributed by atoms with Gasteiger partial charge in [-0.15, -0.1) is 18.7 Å². The first-order chi connectivity index (χ1) is 50.3. The molecule has 0 atom stereocenters. The van der Waals surface area contributed by atoms with E-state index in [1.54, 1.807) is 0 Å². The molecule has 15 nitrogen and oxygen atoms in total. The molecule has 0 radical (unpaired) electrons. The molecule has 0 saturated carbocycles. The molecule has 4 aromatic rings. The number of quaternary nitrogens is 2. The van der Waals surface area contributed by atoms with Crippen molar-refractivity contribution in [1.29, 1.82) is 0 Å². The Labute approximate surface area is 744 Å². The fourth-order valence-corrected chi connectivity index (χ4v) is 18.7. The van der Waals surface area contributed by atoms with Gasteiger partial charge < -0.3 is 27.9 Å². The summed E-state index contributed by atoms with van der Waals surface area (Å²) in [6.45, 7) is 44.9. The molecule has 112 heavy (non-hydrogen) atoms. The first kappa shape index (κ1) is 98.7. The molecule has 6 aliphatic rings. The van der Waals surface area contributed by atoms with Gasteiger partial charge in [0.2, 0.25) is 5.69 Å². The van der Waals surface area contributed by atoms with Crippen molar-refractivity contribution in [3.05, 3.63) is 211 Å². The van der Waals surface area contributed by atoms with Gasteiger partial charge in [-0.2, -0.15) is 22.8 Å². The summed E-state index contributed by atoms with van der Waals surface area (Å²) in [6.07, 6.45) is 29.6. The van der Waals surface area contributed by atoms with Crippen LogP contribution in [0.2, 0.25) is 0 Å². The van der Waals surface area contributed by atoms with E-state index in [-0.39, 0.29) is 133 Å². The second-order valence-electron chi connectivity index (χ2n) is 37.4. The Kier molecular flexibility index (Phi) is 34.6. The van der Waals surface area contributed by atoms with Crippen LogP contribution in [-0.2, 0) is 52.5 Å². The minimum Gasteiger partial charge on any atom is -0.748 e. The third kappa shape index (κ3) is 25.1. The van der Waals surface area contributed by atoms with E-state index < -0.39 is 30.8 Å². The van der Waals surface area contributed by atoms with Crippen molar-refractivity contribution in [1.82, 2.24) is 0 Å². The van der Waals surface area contributed by atoms with Crippen LogP contribution >= 0.6 is 0 Å². The third-order valence-electron chi connectivity index (χ3n) is 22.7. The quantitative estimate of drug-likeness (QED) is 0.0163. The van der Waals surface area contributed by atoms with Crippen molar-refractivity contribution >= 4 is 65.0 Å². The zero-order chi connectivity index (χ0) is 81.0. The van der Waals surface area contributed by atoms with Crippen LogP contribution in [0, 0.1) is 37.7 Å². The van der Waals surface area contributed by atoms with Crippen molar-refractivity contribution < 1.29 is 145 Å². The van der Waals surface area contributed by atoms with E-state index in [2.05, 4.69) is 294 Å². The van der Waals surface area contributed by atoms with Crippen LogP contribution in [-0.4, -0.2) is 161 Å². The summed E-state index contributed by atoms with van der Waals surface area (Å²) >= 11 is 0. The van der Waals surface area contributed by atoms with Crippen LogP contribution in [0.15, 0.2) is 166 Å². The zero-order valence-electron chi connectivity index (χ0n) is 73.3. The smallest absolute Gasteiger partial charge is 0.748 e. The van der Waals surface area contributed by atoms with E-state index in [0.717, 1.165) is 103 Å². The summed E-state index contributed by atoms with van der Waals surface area (Å²) in [5.74, 6) is -0.709. The average Bonchev–Trinajstić information content (AvgIpc) is 1.61. The van der Waals surface area contributed by atoms with Gasteiger partial charge in [-0.25, -0.2) is 21.4 Å². The summed E-state index contributed by atoms with van der Waals surface area (Å²) in [4.78, 5) is 4.94. The van der Waals surface area contributed by atoms with E-state index in [1.807, 2.05) is 12.1 Å². The van der Waals surface area contributed by atoms with Crippen molar-refractivity contribution in [2.75, 3.05) is 103 Å². The number of aryl methyl sites for hydroxylation is 3. The van der Waals surface area contributed by atoms with Crippen molar-refractivity contribution in [2.45, 2.75) is 216 Å². The van der Waals surface area contributed by atoms with E-state index in [0.29, 0.717) is 38.8 Å². The maximum absolute atomic E-state index is 11.3. The minimum absolute atomic E-state index is 0. The number of allylic oxidation sites excluding steroid dienone is 16. The molecule has 0 fully saturated rings.